The summed E-state index contributed by atoms with van der Waals surface area (Å²) in [5.74, 6) is 0.472. The number of nitrogens with zero attached hydrogens (tertiary/aromatic N) is 1. The van der Waals surface area contributed by atoms with Crippen LogP contribution in [0.4, 0.5) is 5.69 Å². The number of aromatic amines is 1. The fourth-order valence-corrected chi connectivity index (χ4v) is 1.58. The van der Waals surface area contributed by atoms with Crippen molar-refractivity contribution in [3.8, 4) is 5.75 Å². The number of H-pyrrole nitrogens is 1. The monoisotopic (exact) mass is 245 g/mol. The number of ether oxygens (including phenoxy) is 1. The van der Waals surface area contributed by atoms with Gasteiger partial charge in [0.15, 0.2) is 6.61 Å². The lowest BCUT2D eigenvalue weighted by molar-refractivity contribution is -0.118. The second kappa shape index (κ2) is 5.35. The Labute approximate surface area is 105 Å². The van der Waals surface area contributed by atoms with Gasteiger partial charge in [0.25, 0.3) is 5.91 Å². The number of rotatable bonds is 4. The SMILES string of the molecule is Cc1n[nH]c(C)c1NC(=O)COc1ccccc1. The molecule has 0 atom stereocenters. The molecule has 0 aliphatic rings. The van der Waals surface area contributed by atoms with Crippen LogP contribution in [-0.4, -0.2) is 22.7 Å². The summed E-state index contributed by atoms with van der Waals surface area (Å²) in [5.41, 5.74) is 2.32. The number of carbonyl (C=O) groups is 1. The van der Waals surface area contributed by atoms with Crippen LogP contribution in [-0.2, 0) is 4.79 Å². The summed E-state index contributed by atoms with van der Waals surface area (Å²) >= 11 is 0. The van der Waals surface area contributed by atoms with Crippen molar-refractivity contribution in [1.29, 1.82) is 0 Å². The fourth-order valence-electron chi connectivity index (χ4n) is 1.58. The molecule has 0 radical (unpaired) electrons. The van der Waals surface area contributed by atoms with E-state index in [1.807, 2.05) is 44.2 Å². The molecule has 0 saturated carbocycles. The predicted octanol–water partition coefficient (Wildman–Crippen LogP) is 2.04. The topological polar surface area (TPSA) is 67.0 Å². The summed E-state index contributed by atoms with van der Waals surface area (Å²) < 4.78 is 5.35. The maximum absolute atomic E-state index is 11.7. The number of hydrogen-bond acceptors (Lipinski definition) is 3. The lowest BCUT2D eigenvalue weighted by Crippen LogP contribution is -2.20. The Morgan fingerprint density at radius 3 is 2.67 bits per heavy atom. The molecule has 1 aromatic heterocycles. The summed E-state index contributed by atoms with van der Waals surface area (Å²) in [7, 11) is 0. The molecule has 1 heterocycles. The normalized spacial score (nSPS) is 10.1. The smallest absolute Gasteiger partial charge is 0.262 e. The number of benzene rings is 1. The largest absolute Gasteiger partial charge is 0.484 e. The maximum atomic E-state index is 11.7. The summed E-state index contributed by atoms with van der Waals surface area (Å²) in [6, 6.07) is 9.23. The zero-order valence-electron chi connectivity index (χ0n) is 10.4. The van der Waals surface area contributed by atoms with E-state index < -0.39 is 0 Å². The molecule has 1 amide bonds. The molecule has 2 aromatic rings. The van der Waals surface area contributed by atoms with Crippen molar-refractivity contribution < 1.29 is 9.53 Å². The average Bonchev–Trinajstić information content (AvgIpc) is 2.69. The highest BCUT2D eigenvalue weighted by molar-refractivity contribution is 5.92. The number of para-hydroxylation sites is 1. The first kappa shape index (κ1) is 12.2. The van der Waals surface area contributed by atoms with Crippen molar-refractivity contribution in [1.82, 2.24) is 10.2 Å². The van der Waals surface area contributed by atoms with E-state index in [-0.39, 0.29) is 12.5 Å². The first-order valence-corrected chi connectivity index (χ1v) is 5.66. The van der Waals surface area contributed by atoms with E-state index in [1.54, 1.807) is 0 Å². The van der Waals surface area contributed by atoms with E-state index in [4.69, 9.17) is 4.74 Å². The Bertz CT molecular complexity index is 515. The molecule has 0 fully saturated rings. The molecule has 5 nitrogen and oxygen atoms in total. The molecular weight excluding hydrogens is 230 g/mol. The van der Waals surface area contributed by atoms with Gasteiger partial charge in [-0.05, 0) is 26.0 Å². The molecule has 0 unspecified atom stereocenters. The van der Waals surface area contributed by atoms with E-state index in [2.05, 4.69) is 15.5 Å². The number of nitrogens with one attached hydrogen (secondary N) is 2. The van der Waals surface area contributed by atoms with Crippen LogP contribution in [0.3, 0.4) is 0 Å². The van der Waals surface area contributed by atoms with Crippen LogP contribution in [0.2, 0.25) is 0 Å². The second-order valence-corrected chi connectivity index (χ2v) is 3.96. The summed E-state index contributed by atoms with van der Waals surface area (Å²) in [6.07, 6.45) is 0. The summed E-state index contributed by atoms with van der Waals surface area (Å²) in [6.45, 7) is 3.67. The van der Waals surface area contributed by atoms with E-state index in [0.717, 1.165) is 17.1 Å². The molecule has 0 spiro atoms. The zero-order valence-corrected chi connectivity index (χ0v) is 10.4. The van der Waals surface area contributed by atoms with Gasteiger partial charge in [0.2, 0.25) is 0 Å². The predicted molar refractivity (Wildman–Crippen MR) is 68.6 cm³/mol. The van der Waals surface area contributed by atoms with E-state index in [9.17, 15) is 4.79 Å². The van der Waals surface area contributed by atoms with Gasteiger partial charge >= 0.3 is 0 Å². The van der Waals surface area contributed by atoms with Gasteiger partial charge in [-0.15, -0.1) is 0 Å². The van der Waals surface area contributed by atoms with Gasteiger partial charge in [-0.3, -0.25) is 9.89 Å². The van der Waals surface area contributed by atoms with Gasteiger partial charge < -0.3 is 10.1 Å². The molecule has 0 aliphatic heterocycles. The molecule has 18 heavy (non-hydrogen) atoms. The Morgan fingerprint density at radius 1 is 1.33 bits per heavy atom. The van der Waals surface area contributed by atoms with E-state index >= 15 is 0 Å². The first-order valence-electron chi connectivity index (χ1n) is 5.66. The van der Waals surface area contributed by atoms with Crippen molar-refractivity contribution in [2.45, 2.75) is 13.8 Å². The molecule has 94 valence electrons. The van der Waals surface area contributed by atoms with Crippen molar-refractivity contribution in [3.05, 3.63) is 41.7 Å². The number of aryl methyl sites for hydroxylation is 2. The highest BCUT2D eigenvalue weighted by atomic mass is 16.5. The zero-order chi connectivity index (χ0) is 13.0. The quantitative estimate of drug-likeness (QED) is 0.866. The third kappa shape index (κ3) is 2.88. The molecule has 0 saturated heterocycles. The van der Waals surface area contributed by atoms with E-state index in [0.29, 0.717) is 5.75 Å². The Hall–Kier alpha value is -2.30. The summed E-state index contributed by atoms with van der Waals surface area (Å²) in [5, 5.41) is 9.59. The minimum absolute atomic E-state index is 0.0198. The van der Waals surface area contributed by atoms with Crippen LogP contribution in [0.15, 0.2) is 30.3 Å². The molecule has 2 rings (SSSR count). The first-order chi connectivity index (χ1) is 8.66. The van der Waals surface area contributed by atoms with Gasteiger partial charge in [0.1, 0.15) is 5.75 Å². The molecule has 0 bridgehead atoms. The second-order valence-electron chi connectivity index (χ2n) is 3.96. The van der Waals surface area contributed by atoms with Crippen molar-refractivity contribution in [3.63, 3.8) is 0 Å². The van der Waals surface area contributed by atoms with Crippen LogP contribution in [0.25, 0.3) is 0 Å². The van der Waals surface area contributed by atoms with Gasteiger partial charge in [-0.25, -0.2) is 0 Å². The van der Waals surface area contributed by atoms with Crippen molar-refractivity contribution >= 4 is 11.6 Å². The Kier molecular flexibility index (Phi) is 3.62. The Balaban J connectivity index is 1.90. The van der Waals surface area contributed by atoms with Crippen molar-refractivity contribution in [2.24, 2.45) is 0 Å². The van der Waals surface area contributed by atoms with Gasteiger partial charge in [-0.1, -0.05) is 18.2 Å². The number of carbonyl (C=O) groups excluding carboxylic acids is 1. The number of aromatic nitrogens is 2. The summed E-state index contributed by atoms with van der Waals surface area (Å²) in [4.78, 5) is 11.7. The van der Waals surface area contributed by atoms with Crippen LogP contribution >= 0.6 is 0 Å². The average molecular weight is 245 g/mol. The lowest BCUT2D eigenvalue weighted by atomic mass is 10.3. The van der Waals surface area contributed by atoms with Crippen LogP contribution in [0.5, 0.6) is 5.75 Å². The van der Waals surface area contributed by atoms with Crippen LogP contribution in [0.1, 0.15) is 11.4 Å². The number of hydrogen-bond donors (Lipinski definition) is 2. The molecular formula is C13H15N3O2. The number of anilines is 1. The molecule has 1 aromatic carbocycles. The maximum Gasteiger partial charge on any atom is 0.262 e. The molecule has 2 N–H and O–H groups in total. The fraction of sp³-hybridized carbons (Fsp3) is 0.231. The highest BCUT2D eigenvalue weighted by Gasteiger charge is 2.10. The minimum Gasteiger partial charge on any atom is -0.484 e. The lowest BCUT2D eigenvalue weighted by Gasteiger charge is -2.07. The molecule has 5 heteroatoms. The Morgan fingerprint density at radius 2 is 2.06 bits per heavy atom. The third-order valence-electron chi connectivity index (χ3n) is 2.51. The third-order valence-corrected chi connectivity index (χ3v) is 2.51. The van der Waals surface area contributed by atoms with E-state index in [1.165, 1.54) is 0 Å². The van der Waals surface area contributed by atoms with Gasteiger partial charge in [0, 0.05) is 0 Å². The van der Waals surface area contributed by atoms with Crippen LogP contribution in [0, 0.1) is 13.8 Å². The standard InChI is InChI=1S/C13H15N3O2/c1-9-13(10(2)16-15-9)14-12(17)8-18-11-6-4-3-5-7-11/h3-7H,8H2,1-2H3,(H,14,17)(H,15,16). The van der Waals surface area contributed by atoms with Crippen molar-refractivity contribution in [2.75, 3.05) is 11.9 Å². The molecule has 0 aliphatic carbocycles. The minimum atomic E-state index is -0.202. The number of amides is 1. The van der Waals surface area contributed by atoms with Gasteiger partial charge in [0.05, 0.1) is 17.1 Å². The van der Waals surface area contributed by atoms with Gasteiger partial charge in [-0.2, -0.15) is 5.10 Å². The highest BCUT2D eigenvalue weighted by Crippen LogP contribution is 2.16. The van der Waals surface area contributed by atoms with Crippen LogP contribution < -0.4 is 10.1 Å².